The Morgan fingerprint density at radius 1 is 1.42 bits per heavy atom. The lowest BCUT2D eigenvalue weighted by atomic mass is 10.1. The summed E-state index contributed by atoms with van der Waals surface area (Å²) in [5, 5.41) is 5.80. The van der Waals surface area contributed by atoms with Crippen LogP contribution in [-0.4, -0.2) is 39.3 Å². The van der Waals surface area contributed by atoms with E-state index < -0.39 is 0 Å². The van der Waals surface area contributed by atoms with E-state index in [-0.39, 0.29) is 42.5 Å². The smallest absolute Gasteiger partial charge is 0.234 e. The molecule has 0 bridgehead atoms. The van der Waals surface area contributed by atoms with Crippen LogP contribution in [0.3, 0.4) is 0 Å². The molecule has 7 heteroatoms. The minimum absolute atomic E-state index is 0. The lowest BCUT2D eigenvalue weighted by Crippen LogP contribution is -2.36. The standard InChI is InChI=1S/C17H25FN2O3.ClH/c1-12(20-17(21)10-19-7-8-22-2)14-5-6-16(15(18)9-14)23-11-13-3-4-13;/h5-6,9,12-13,19H,3-4,7-8,10-11H2,1-2H3,(H,20,21);1H. The molecule has 2 N–H and O–H groups in total. The van der Waals surface area contributed by atoms with Gasteiger partial charge in [-0.25, -0.2) is 4.39 Å². The molecule has 0 radical (unpaired) electrons. The van der Waals surface area contributed by atoms with Crippen LogP contribution in [0, 0.1) is 11.7 Å². The minimum Gasteiger partial charge on any atom is -0.490 e. The van der Waals surface area contributed by atoms with Crippen LogP contribution >= 0.6 is 12.4 Å². The minimum atomic E-state index is -0.387. The van der Waals surface area contributed by atoms with Crippen molar-refractivity contribution in [1.29, 1.82) is 0 Å². The van der Waals surface area contributed by atoms with Crippen molar-refractivity contribution >= 4 is 18.3 Å². The summed E-state index contributed by atoms with van der Waals surface area (Å²) in [5.74, 6) is 0.337. The van der Waals surface area contributed by atoms with Crippen molar-refractivity contribution in [3.63, 3.8) is 0 Å². The van der Waals surface area contributed by atoms with Gasteiger partial charge in [0.25, 0.3) is 0 Å². The fourth-order valence-electron chi connectivity index (χ4n) is 2.15. The highest BCUT2D eigenvalue weighted by Gasteiger charge is 2.22. The Morgan fingerprint density at radius 3 is 2.79 bits per heavy atom. The van der Waals surface area contributed by atoms with E-state index >= 15 is 0 Å². The van der Waals surface area contributed by atoms with Crippen LogP contribution in [0.1, 0.15) is 31.4 Å². The summed E-state index contributed by atoms with van der Waals surface area (Å²) in [5.41, 5.74) is 0.714. The summed E-state index contributed by atoms with van der Waals surface area (Å²) in [6.45, 7) is 3.78. The van der Waals surface area contributed by atoms with Crippen molar-refractivity contribution in [1.82, 2.24) is 10.6 Å². The number of ether oxygens (including phenoxy) is 2. The molecule has 1 atom stereocenters. The number of rotatable bonds is 10. The second-order valence-corrected chi connectivity index (χ2v) is 5.90. The molecule has 0 aliphatic heterocycles. The molecule has 24 heavy (non-hydrogen) atoms. The number of carbonyl (C=O) groups is 1. The Kier molecular flexibility index (Phi) is 9.03. The zero-order valence-electron chi connectivity index (χ0n) is 14.1. The number of benzene rings is 1. The van der Waals surface area contributed by atoms with Gasteiger partial charge < -0.3 is 20.1 Å². The first-order valence-electron chi connectivity index (χ1n) is 8.01. The number of nitrogens with one attached hydrogen (secondary N) is 2. The summed E-state index contributed by atoms with van der Waals surface area (Å²) in [4.78, 5) is 11.8. The molecule has 1 saturated carbocycles. The molecule has 0 spiro atoms. The van der Waals surface area contributed by atoms with E-state index in [9.17, 15) is 9.18 Å². The van der Waals surface area contributed by atoms with Gasteiger partial charge in [0.1, 0.15) is 0 Å². The molecule has 0 saturated heterocycles. The maximum absolute atomic E-state index is 14.0. The Labute approximate surface area is 148 Å². The molecule has 1 aromatic rings. The van der Waals surface area contributed by atoms with Gasteiger partial charge in [0.05, 0.1) is 25.8 Å². The Hall–Kier alpha value is -1.37. The highest BCUT2D eigenvalue weighted by atomic mass is 35.5. The third-order valence-electron chi connectivity index (χ3n) is 3.77. The molecular weight excluding hydrogens is 335 g/mol. The zero-order valence-corrected chi connectivity index (χ0v) is 15.0. The van der Waals surface area contributed by atoms with Gasteiger partial charge in [0, 0.05) is 13.7 Å². The van der Waals surface area contributed by atoms with Crippen molar-refractivity contribution < 1.29 is 18.7 Å². The van der Waals surface area contributed by atoms with Crippen molar-refractivity contribution in [3.8, 4) is 5.75 Å². The molecule has 1 aliphatic carbocycles. The third-order valence-corrected chi connectivity index (χ3v) is 3.77. The van der Waals surface area contributed by atoms with Crippen LogP contribution in [0.4, 0.5) is 4.39 Å². The van der Waals surface area contributed by atoms with Gasteiger partial charge in [-0.1, -0.05) is 6.07 Å². The molecule has 0 heterocycles. The van der Waals surface area contributed by atoms with Gasteiger partial charge >= 0.3 is 0 Å². The number of halogens is 2. The average molecular weight is 361 g/mol. The molecular formula is C17H26ClFN2O3. The van der Waals surface area contributed by atoms with E-state index in [1.807, 2.05) is 6.92 Å². The molecule has 136 valence electrons. The molecule has 0 aromatic heterocycles. The van der Waals surface area contributed by atoms with E-state index in [4.69, 9.17) is 9.47 Å². The second-order valence-electron chi connectivity index (χ2n) is 5.90. The predicted octanol–water partition coefficient (Wildman–Crippen LogP) is 2.45. The lowest BCUT2D eigenvalue weighted by Gasteiger charge is -2.16. The molecule has 1 aromatic carbocycles. The van der Waals surface area contributed by atoms with E-state index in [0.717, 1.165) is 0 Å². The Balaban J connectivity index is 0.00000288. The maximum Gasteiger partial charge on any atom is 0.234 e. The fraction of sp³-hybridized carbons (Fsp3) is 0.588. The summed E-state index contributed by atoms with van der Waals surface area (Å²) in [7, 11) is 1.61. The monoisotopic (exact) mass is 360 g/mol. The zero-order chi connectivity index (χ0) is 16.7. The normalized spacial score (nSPS) is 14.6. The van der Waals surface area contributed by atoms with Crippen LogP contribution in [0.25, 0.3) is 0 Å². The van der Waals surface area contributed by atoms with E-state index in [2.05, 4.69) is 10.6 Å². The van der Waals surface area contributed by atoms with Crippen molar-refractivity contribution in [2.75, 3.05) is 33.4 Å². The van der Waals surface area contributed by atoms with Gasteiger partial charge in [0.2, 0.25) is 5.91 Å². The van der Waals surface area contributed by atoms with Crippen LogP contribution in [-0.2, 0) is 9.53 Å². The lowest BCUT2D eigenvalue weighted by molar-refractivity contribution is -0.120. The molecule has 1 aliphatic rings. The number of hydrogen-bond acceptors (Lipinski definition) is 4. The van der Waals surface area contributed by atoms with E-state index in [1.165, 1.54) is 18.9 Å². The molecule has 1 amide bonds. The predicted molar refractivity (Wildman–Crippen MR) is 93.2 cm³/mol. The number of methoxy groups -OCH3 is 1. The highest BCUT2D eigenvalue weighted by molar-refractivity contribution is 5.85. The van der Waals surface area contributed by atoms with Gasteiger partial charge in [0.15, 0.2) is 11.6 Å². The highest BCUT2D eigenvalue weighted by Crippen LogP contribution is 2.30. The van der Waals surface area contributed by atoms with Gasteiger partial charge in [-0.2, -0.15) is 0 Å². The average Bonchev–Trinajstić information content (AvgIpc) is 3.34. The van der Waals surface area contributed by atoms with Gasteiger partial charge in [-0.15, -0.1) is 12.4 Å². The topological polar surface area (TPSA) is 59.6 Å². The van der Waals surface area contributed by atoms with E-state index in [0.29, 0.717) is 31.2 Å². The SMILES string of the molecule is COCCNCC(=O)NC(C)c1ccc(OCC2CC2)c(F)c1.Cl. The van der Waals surface area contributed by atoms with Crippen LogP contribution in [0.15, 0.2) is 18.2 Å². The van der Waals surface area contributed by atoms with E-state index in [1.54, 1.807) is 19.2 Å². The second kappa shape index (κ2) is 10.5. The van der Waals surface area contributed by atoms with Gasteiger partial charge in [-0.3, -0.25) is 4.79 Å². The largest absolute Gasteiger partial charge is 0.490 e. The van der Waals surface area contributed by atoms with Crippen molar-refractivity contribution in [2.45, 2.75) is 25.8 Å². The van der Waals surface area contributed by atoms with Crippen LogP contribution in [0.5, 0.6) is 5.75 Å². The molecule has 5 nitrogen and oxygen atoms in total. The molecule has 1 fully saturated rings. The maximum atomic E-state index is 14.0. The Morgan fingerprint density at radius 2 is 2.17 bits per heavy atom. The molecule has 2 rings (SSSR count). The van der Waals surface area contributed by atoms with Gasteiger partial charge in [-0.05, 0) is 43.4 Å². The molecule has 1 unspecified atom stereocenters. The van der Waals surface area contributed by atoms with Crippen LogP contribution in [0.2, 0.25) is 0 Å². The summed E-state index contributed by atoms with van der Waals surface area (Å²) < 4.78 is 24.4. The first-order chi connectivity index (χ1) is 11.1. The van der Waals surface area contributed by atoms with Crippen molar-refractivity contribution in [2.24, 2.45) is 5.92 Å². The van der Waals surface area contributed by atoms with Crippen LogP contribution < -0.4 is 15.4 Å². The summed E-state index contributed by atoms with van der Waals surface area (Å²) in [6.07, 6.45) is 2.34. The number of hydrogen-bond donors (Lipinski definition) is 2. The Bertz CT molecular complexity index is 527. The fourth-order valence-corrected chi connectivity index (χ4v) is 2.15. The third kappa shape index (κ3) is 7.03. The number of carbonyl (C=O) groups excluding carboxylic acids is 1. The van der Waals surface area contributed by atoms with Crippen molar-refractivity contribution in [3.05, 3.63) is 29.6 Å². The summed E-state index contributed by atoms with van der Waals surface area (Å²) >= 11 is 0. The first kappa shape index (κ1) is 20.7. The summed E-state index contributed by atoms with van der Waals surface area (Å²) in [6, 6.07) is 4.57. The quantitative estimate of drug-likeness (QED) is 0.629. The number of amides is 1. The first-order valence-corrected chi connectivity index (χ1v) is 8.01.